The van der Waals surface area contributed by atoms with Gasteiger partial charge in [-0.2, -0.15) is 10.5 Å². The van der Waals surface area contributed by atoms with Crippen LogP contribution < -0.4 is 0 Å². The summed E-state index contributed by atoms with van der Waals surface area (Å²) in [5, 5.41) is 22.0. The zero-order valence-corrected chi connectivity index (χ0v) is 11.8. The number of hydrogen-bond donors (Lipinski definition) is 0. The van der Waals surface area contributed by atoms with E-state index in [4.69, 9.17) is 15.0 Å². The average molecular weight is 289 g/mol. The van der Waals surface area contributed by atoms with Crippen LogP contribution in [0.5, 0.6) is 0 Å². The van der Waals surface area contributed by atoms with E-state index in [1.54, 1.807) is 4.57 Å². The van der Waals surface area contributed by atoms with Crippen molar-refractivity contribution in [3.05, 3.63) is 59.4 Å². The Labute approximate surface area is 126 Å². The van der Waals surface area contributed by atoms with E-state index in [0.717, 1.165) is 11.3 Å². The van der Waals surface area contributed by atoms with E-state index in [1.165, 1.54) is 11.9 Å². The maximum absolute atomic E-state index is 9.10. The highest BCUT2D eigenvalue weighted by Crippen LogP contribution is 2.20. The van der Waals surface area contributed by atoms with Crippen LogP contribution in [-0.2, 0) is 6.54 Å². The van der Waals surface area contributed by atoms with Crippen LogP contribution >= 0.6 is 0 Å². The third kappa shape index (κ3) is 2.46. The molecule has 0 saturated carbocycles. The number of hydrogen-bond acceptors (Lipinski definition) is 5. The largest absolute Gasteiger partial charge is 0.359 e. The third-order valence-corrected chi connectivity index (χ3v) is 3.28. The molecule has 22 heavy (non-hydrogen) atoms. The van der Waals surface area contributed by atoms with Crippen molar-refractivity contribution in [2.75, 3.05) is 0 Å². The lowest BCUT2D eigenvalue weighted by Gasteiger charge is -1.98. The molecule has 0 spiro atoms. The first-order chi connectivity index (χ1) is 10.7. The van der Waals surface area contributed by atoms with Gasteiger partial charge in [0.2, 0.25) is 0 Å². The van der Waals surface area contributed by atoms with Crippen molar-refractivity contribution >= 4 is 0 Å². The van der Waals surface area contributed by atoms with Gasteiger partial charge in [0.1, 0.15) is 17.8 Å². The Kier molecular flexibility index (Phi) is 3.43. The second kappa shape index (κ2) is 5.55. The molecule has 0 radical (unpaired) electrons. The molecule has 2 aromatic heterocycles. The minimum Gasteiger partial charge on any atom is -0.359 e. The molecular weight excluding hydrogens is 278 g/mol. The van der Waals surface area contributed by atoms with Gasteiger partial charge in [0.15, 0.2) is 17.1 Å². The van der Waals surface area contributed by atoms with E-state index in [2.05, 4.69) is 10.1 Å². The molecule has 0 N–H and O–H groups in total. The van der Waals surface area contributed by atoms with Gasteiger partial charge in [-0.05, 0) is 6.92 Å². The van der Waals surface area contributed by atoms with E-state index in [0.29, 0.717) is 12.3 Å². The zero-order valence-electron chi connectivity index (χ0n) is 11.8. The summed E-state index contributed by atoms with van der Waals surface area (Å²) in [5.41, 5.74) is 3.20. The van der Waals surface area contributed by atoms with Gasteiger partial charge < -0.3 is 9.09 Å². The Bertz CT molecular complexity index is 890. The molecule has 3 aromatic rings. The fourth-order valence-electron chi connectivity index (χ4n) is 2.12. The molecule has 1 aromatic carbocycles. The van der Waals surface area contributed by atoms with Crippen molar-refractivity contribution in [3.63, 3.8) is 0 Å². The topological polar surface area (TPSA) is 91.4 Å². The lowest BCUT2D eigenvalue weighted by Crippen LogP contribution is -2.00. The smallest absolute Gasteiger partial charge is 0.176 e. The molecule has 0 amide bonds. The number of nitriles is 2. The molecule has 106 valence electrons. The SMILES string of the molecule is Cc1ccc(-c2cc(Cn3cnc(C#N)c3C#N)on2)cc1. The predicted molar refractivity (Wildman–Crippen MR) is 77.4 cm³/mol. The van der Waals surface area contributed by atoms with E-state index in [1.807, 2.05) is 49.4 Å². The first-order valence-corrected chi connectivity index (χ1v) is 6.59. The third-order valence-electron chi connectivity index (χ3n) is 3.28. The maximum Gasteiger partial charge on any atom is 0.176 e. The summed E-state index contributed by atoms with van der Waals surface area (Å²) in [6.07, 6.45) is 1.45. The molecule has 0 fully saturated rings. The summed E-state index contributed by atoms with van der Waals surface area (Å²) in [6, 6.07) is 13.6. The Balaban J connectivity index is 1.86. The number of imidazole rings is 1. The van der Waals surface area contributed by atoms with Crippen molar-refractivity contribution in [3.8, 4) is 23.4 Å². The van der Waals surface area contributed by atoms with E-state index < -0.39 is 0 Å². The molecule has 0 saturated heterocycles. The molecule has 6 heteroatoms. The number of benzene rings is 1. The van der Waals surface area contributed by atoms with Gasteiger partial charge in [0, 0.05) is 11.6 Å². The number of aromatic nitrogens is 3. The minimum absolute atomic E-state index is 0.112. The van der Waals surface area contributed by atoms with Crippen LogP contribution in [-0.4, -0.2) is 14.7 Å². The molecule has 3 rings (SSSR count). The Morgan fingerprint density at radius 1 is 1.18 bits per heavy atom. The Morgan fingerprint density at radius 3 is 2.64 bits per heavy atom. The van der Waals surface area contributed by atoms with Gasteiger partial charge in [0.05, 0.1) is 12.9 Å². The summed E-state index contributed by atoms with van der Waals surface area (Å²) in [4.78, 5) is 3.89. The van der Waals surface area contributed by atoms with Crippen LogP contribution in [0.3, 0.4) is 0 Å². The van der Waals surface area contributed by atoms with Crippen molar-refractivity contribution in [1.29, 1.82) is 10.5 Å². The Hall–Kier alpha value is -3.38. The molecule has 0 aliphatic rings. The molecule has 0 atom stereocenters. The van der Waals surface area contributed by atoms with E-state index in [9.17, 15) is 0 Å². The summed E-state index contributed by atoms with van der Waals surface area (Å²) >= 11 is 0. The van der Waals surface area contributed by atoms with Crippen molar-refractivity contribution < 1.29 is 4.52 Å². The van der Waals surface area contributed by atoms with Gasteiger partial charge in [-0.25, -0.2) is 4.98 Å². The predicted octanol–water partition coefficient (Wildman–Crippen LogP) is 2.64. The highest BCUT2D eigenvalue weighted by atomic mass is 16.5. The molecule has 2 heterocycles. The van der Waals surface area contributed by atoms with Crippen LogP contribution in [0.1, 0.15) is 22.7 Å². The standard InChI is InChI=1S/C16H11N5O/c1-11-2-4-12(5-3-11)14-6-13(22-20-14)9-21-10-19-15(7-17)16(21)8-18/h2-6,10H,9H2,1H3. The van der Waals surface area contributed by atoms with Crippen LogP contribution in [0.15, 0.2) is 41.2 Å². The average Bonchev–Trinajstić information content (AvgIpc) is 3.15. The molecule has 0 unspecified atom stereocenters. The molecular formula is C16H11N5O. The number of nitrogens with zero attached hydrogens (tertiary/aromatic N) is 5. The fraction of sp³-hybridized carbons (Fsp3) is 0.125. The summed E-state index contributed by atoms with van der Waals surface area (Å²) in [5.74, 6) is 0.592. The van der Waals surface area contributed by atoms with Crippen molar-refractivity contribution in [1.82, 2.24) is 14.7 Å². The molecule has 0 aliphatic heterocycles. The second-order valence-electron chi connectivity index (χ2n) is 4.84. The van der Waals surface area contributed by atoms with Crippen LogP contribution in [0.4, 0.5) is 0 Å². The molecule has 6 nitrogen and oxygen atoms in total. The first-order valence-electron chi connectivity index (χ1n) is 6.59. The maximum atomic E-state index is 9.10. The van der Waals surface area contributed by atoms with Crippen LogP contribution in [0.25, 0.3) is 11.3 Å². The molecule has 0 bridgehead atoms. The van der Waals surface area contributed by atoms with Gasteiger partial charge in [-0.3, -0.25) is 0 Å². The summed E-state index contributed by atoms with van der Waals surface area (Å²) < 4.78 is 6.87. The number of aryl methyl sites for hydroxylation is 1. The quantitative estimate of drug-likeness (QED) is 0.739. The van der Waals surface area contributed by atoms with E-state index in [-0.39, 0.29) is 11.4 Å². The lowest BCUT2D eigenvalue weighted by atomic mass is 10.1. The Morgan fingerprint density at radius 2 is 1.95 bits per heavy atom. The second-order valence-corrected chi connectivity index (χ2v) is 4.84. The highest BCUT2D eigenvalue weighted by molar-refractivity contribution is 5.59. The van der Waals surface area contributed by atoms with Crippen LogP contribution in [0.2, 0.25) is 0 Å². The summed E-state index contributed by atoms with van der Waals surface area (Å²) in [7, 11) is 0. The first kappa shape index (κ1) is 13.6. The zero-order chi connectivity index (χ0) is 15.5. The van der Waals surface area contributed by atoms with Gasteiger partial charge in [-0.1, -0.05) is 35.0 Å². The monoisotopic (exact) mass is 289 g/mol. The van der Waals surface area contributed by atoms with Crippen molar-refractivity contribution in [2.24, 2.45) is 0 Å². The van der Waals surface area contributed by atoms with Gasteiger partial charge in [-0.15, -0.1) is 0 Å². The lowest BCUT2D eigenvalue weighted by molar-refractivity contribution is 0.378. The highest BCUT2D eigenvalue weighted by Gasteiger charge is 2.13. The summed E-state index contributed by atoms with van der Waals surface area (Å²) in [6.45, 7) is 2.32. The minimum atomic E-state index is 0.112. The van der Waals surface area contributed by atoms with Crippen molar-refractivity contribution in [2.45, 2.75) is 13.5 Å². The van der Waals surface area contributed by atoms with Gasteiger partial charge in [0.25, 0.3) is 0 Å². The number of rotatable bonds is 3. The van der Waals surface area contributed by atoms with E-state index >= 15 is 0 Å². The normalized spacial score (nSPS) is 10.1. The molecule has 0 aliphatic carbocycles. The van der Waals surface area contributed by atoms with Gasteiger partial charge >= 0.3 is 0 Å². The van der Waals surface area contributed by atoms with Crippen LogP contribution in [0, 0.1) is 29.6 Å². The fourth-order valence-corrected chi connectivity index (χ4v) is 2.12.